The number of nitrogens with zero attached hydrogens (tertiary/aromatic N) is 1. The molecule has 90 valence electrons. The Morgan fingerprint density at radius 3 is 2.82 bits per heavy atom. The van der Waals surface area contributed by atoms with E-state index < -0.39 is 0 Å². The predicted molar refractivity (Wildman–Crippen MR) is 76.2 cm³/mol. The number of piperidine rings is 1. The van der Waals surface area contributed by atoms with Gasteiger partial charge in [0.15, 0.2) is 0 Å². The molecule has 0 radical (unpaired) electrons. The van der Waals surface area contributed by atoms with Crippen molar-refractivity contribution in [1.82, 2.24) is 0 Å². The van der Waals surface area contributed by atoms with Crippen LogP contribution in [0.15, 0.2) is 22.7 Å². The van der Waals surface area contributed by atoms with Crippen LogP contribution >= 0.6 is 28.1 Å². The maximum Gasteiger partial charge on any atom is 0.226 e. The highest BCUT2D eigenvalue weighted by Crippen LogP contribution is 2.28. The number of anilines is 1. The molecular formula is C12H13BrN2OS. The molecule has 17 heavy (non-hydrogen) atoms. The minimum absolute atomic E-state index is 0.145. The predicted octanol–water partition coefficient (Wildman–Crippen LogP) is 2.60. The van der Waals surface area contributed by atoms with Crippen LogP contribution < -0.4 is 10.6 Å². The Labute approximate surface area is 114 Å². The normalized spacial score (nSPS) is 16.1. The molecule has 0 bridgehead atoms. The van der Waals surface area contributed by atoms with Crippen LogP contribution in [0.4, 0.5) is 5.69 Å². The van der Waals surface area contributed by atoms with E-state index in [1.54, 1.807) is 4.90 Å². The lowest BCUT2D eigenvalue weighted by Crippen LogP contribution is -2.36. The van der Waals surface area contributed by atoms with Crippen LogP contribution in [0.5, 0.6) is 0 Å². The van der Waals surface area contributed by atoms with E-state index in [-0.39, 0.29) is 5.91 Å². The Kier molecular flexibility index (Phi) is 3.79. The maximum atomic E-state index is 11.9. The van der Waals surface area contributed by atoms with Gasteiger partial charge in [0, 0.05) is 23.0 Å². The van der Waals surface area contributed by atoms with Crippen molar-refractivity contribution in [3.8, 4) is 0 Å². The van der Waals surface area contributed by atoms with Crippen molar-refractivity contribution >= 4 is 44.7 Å². The molecular weight excluding hydrogens is 300 g/mol. The number of hydrogen-bond donors (Lipinski definition) is 1. The van der Waals surface area contributed by atoms with Crippen LogP contribution in [0.1, 0.15) is 24.8 Å². The Balaban J connectivity index is 2.45. The van der Waals surface area contributed by atoms with Crippen molar-refractivity contribution in [2.24, 2.45) is 5.73 Å². The van der Waals surface area contributed by atoms with Crippen LogP contribution in [0.25, 0.3) is 0 Å². The first kappa shape index (κ1) is 12.5. The zero-order chi connectivity index (χ0) is 12.4. The Morgan fingerprint density at radius 2 is 2.18 bits per heavy atom. The van der Waals surface area contributed by atoms with E-state index in [2.05, 4.69) is 15.9 Å². The fraction of sp³-hybridized carbons (Fsp3) is 0.333. The molecule has 0 aromatic heterocycles. The molecule has 5 heteroatoms. The molecule has 1 fully saturated rings. The monoisotopic (exact) mass is 312 g/mol. The van der Waals surface area contributed by atoms with Crippen molar-refractivity contribution in [3.05, 3.63) is 28.2 Å². The lowest BCUT2D eigenvalue weighted by atomic mass is 10.1. The third-order valence-corrected chi connectivity index (χ3v) is 3.55. The van der Waals surface area contributed by atoms with Gasteiger partial charge in [-0.15, -0.1) is 0 Å². The molecule has 0 aliphatic carbocycles. The Bertz CT molecular complexity index is 476. The SMILES string of the molecule is NC(=S)c1ccc(Br)cc1N1CCCCC1=O. The fourth-order valence-electron chi connectivity index (χ4n) is 2.00. The summed E-state index contributed by atoms with van der Waals surface area (Å²) in [5, 5.41) is 0. The van der Waals surface area contributed by atoms with Crippen LogP contribution in [0.3, 0.4) is 0 Å². The molecule has 1 amide bonds. The Morgan fingerprint density at radius 1 is 1.41 bits per heavy atom. The minimum atomic E-state index is 0.145. The Hall–Kier alpha value is -0.940. The van der Waals surface area contributed by atoms with Crippen LogP contribution in [0.2, 0.25) is 0 Å². The number of halogens is 1. The van der Waals surface area contributed by atoms with Crippen molar-refractivity contribution in [2.75, 3.05) is 11.4 Å². The summed E-state index contributed by atoms with van der Waals surface area (Å²) in [4.78, 5) is 14.0. The number of thiocarbonyl (C=S) groups is 1. The second-order valence-electron chi connectivity index (χ2n) is 4.03. The van der Waals surface area contributed by atoms with Gasteiger partial charge < -0.3 is 10.6 Å². The summed E-state index contributed by atoms with van der Waals surface area (Å²) in [5.41, 5.74) is 7.27. The third-order valence-electron chi connectivity index (χ3n) is 2.84. The molecule has 0 unspecified atom stereocenters. The molecule has 1 aliphatic rings. The first-order valence-corrected chi connectivity index (χ1v) is 6.69. The average molecular weight is 313 g/mol. The van der Waals surface area contributed by atoms with Gasteiger partial charge in [-0.05, 0) is 31.0 Å². The lowest BCUT2D eigenvalue weighted by Gasteiger charge is -2.28. The lowest BCUT2D eigenvalue weighted by molar-refractivity contribution is -0.119. The van der Waals surface area contributed by atoms with Gasteiger partial charge in [0.25, 0.3) is 0 Å². The summed E-state index contributed by atoms with van der Waals surface area (Å²) in [6.07, 6.45) is 2.59. The van der Waals surface area contributed by atoms with Gasteiger partial charge in [-0.25, -0.2) is 0 Å². The average Bonchev–Trinajstić information content (AvgIpc) is 2.29. The molecule has 2 N–H and O–H groups in total. The number of rotatable bonds is 2. The number of hydrogen-bond acceptors (Lipinski definition) is 2. The molecule has 1 saturated heterocycles. The van der Waals surface area contributed by atoms with Crippen LogP contribution in [0, 0.1) is 0 Å². The number of benzene rings is 1. The van der Waals surface area contributed by atoms with E-state index in [0.717, 1.165) is 35.1 Å². The van der Waals surface area contributed by atoms with Crippen molar-refractivity contribution < 1.29 is 4.79 Å². The summed E-state index contributed by atoms with van der Waals surface area (Å²) in [5.74, 6) is 0.145. The minimum Gasteiger partial charge on any atom is -0.389 e. The van der Waals surface area contributed by atoms with Gasteiger partial charge in [-0.1, -0.05) is 28.1 Å². The van der Waals surface area contributed by atoms with Gasteiger partial charge in [0.1, 0.15) is 4.99 Å². The number of nitrogens with two attached hydrogens (primary N) is 1. The molecule has 1 aromatic rings. The maximum absolute atomic E-state index is 11.9. The van der Waals surface area contributed by atoms with Crippen molar-refractivity contribution in [3.63, 3.8) is 0 Å². The number of amides is 1. The summed E-state index contributed by atoms with van der Waals surface area (Å²) in [7, 11) is 0. The molecule has 2 rings (SSSR count). The van der Waals surface area contributed by atoms with Gasteiger partial charge in [0.2, 0.25) is 5.91 Å². The highest BCUT2D eigenvalue weighted by molar-refractivity contribution is 9.10. The standard InChI is InChI=1S/C12H13BrN2OS/c13-8-4-5-9(12(14)17)10(7-8)15-6-2-1-3-11(15)16/h4-5,7H,1-3,6H2,(H2,14,17). The van der Waals surface area contributed by atoms with E-state index in [4.69, 9.17) is 18.0 Å². The van der Waals surface area contributed by atoms with Crippen molar-refractivity contribution in [1.29, 1.82) is 0 Å². The first-order chi connectivity index (χ1) is 8.09. The molecule has 0 atom stereocenters. The molecule has 0 saturated carbocycles. The van der Waals surface area contributed by atoms with Crippen LogP contribution in [-0.4, -0.2) is 17.4 Å². The van der Waals surface area contributed by atoms with Gasteiger partial charge >= 0.3 is 0 Å². The molecule has 0 spiro atoms. The van der Waals surface area contributed by atoms with E-state index in [0.29, 0.717) is 11.4 Å². The van der Waals surface area contributed by atoms with E-state index in [1.807, 2.05) is 18.2 Å². The number of carbonyl (C=O) groups is 1. The van der Waals surface area contributed by atoms with Crippen LogP contribution in [-0.2, 0) is 4.79 Å². The quantitative estimate of drug-likeness (QED) is 0.854. The highest BCUT2D eigenvalue weighted by atomic mass is 79.9. The summed E-state index contributed by atoms with van der Waals surface area (Å²) < 4.78 is 0.922. The zero-order valence-electron chi connectivity index (χ0n) is 9.28. The van der Waals surface area contributed by atoms with E-state index in [9.17, 15) is 4.79 Å². The largest absolute Gasteiger partial charge is 0.389 e. The smallest absolute Gasteiger partial charge is 0.226 e. The van der Waals surface area contributed by atoms with Gasteiger partial charge in [-0.3, -0.25) is 4.79 Å². The highest BCUT2D eigenvalue weighted by Gasteiger charge is 2.22. The zero-order valence-corrected chi connectivity index (χ0v) is 11.7. The second-order valence-corrected chi connectivity index (χ2v) is 5.38. The van der Waals surface area contributed by atoms with Gasteiger partial charge in [0.05, 0.1) is 5.69 Å². The summed E-state index contributed by atoms with van der Waals surface area (Å²) in [6, 6.07) is 5.63. The summed E-state index contributed by atoms with van der Waals surface area (Å²) >= 11 is 8.44. The topological polar surface area (TPSA) is 46.3 Å². The molecule has 1 aromatic carbocycles. The molecule has 3 nitrogen and oxygen atoms in total. The van der Waals surface area contributed by atoms with E-state index in [1.165, 1.54) is 0 Å². The molecule has 1 heterocycles. The van der Waals surface area contributed by atoms with E-state index >= 15 is 0 Å². The fourth-order valence-corrected chi connectivity index (χ4v) is 2.52. The van der Waals surface area contributed by atoms with Crippen molar-refractivity contribution in [2.45, 2.75) is 19.3 Å². The second kappa shape index (κ2) is 5.14. The van der Waals surface area contributed by atoms with Gasteiger partial charge in [-0.2, -0.15) is 0 Å². The molecule has 1 aliphatic heterocycles. The third kappa shape index (κ3) is 2.66. The number of carbonyl (C=O) groups excluding carboxylic acids is 1. The summed E-state index contributed by atoms with van der Waals surface area (Å²) in [6.45, 7) is 0.741. The first-order valence-electron chi connectivity index (χ1n) is 5.49.